The standard InChI is InChI=1S/C15H24N2OS/c1-11-9-12(2)17-15(10-11)19-8-6-16-13(3)14-5-4-7-18-14/h9-10,13-14,16H,4-8H2,1-3H3. The molecule has 19 heavy (non-hydrogen) atoms. The zero-order valence-corrected chi connectivity index (χ0v) is 12.9. The van der Waals surface area contributed by atoms with Crippen molar-refractivity contribution >= 4 is 11.8 Å². The first-order chi connectivity index (χ1) is 9.15. The van der Waals surface area contributed by atoms with Gasteiger partial charge in [-0.3, -0.25) is 0 Å². The third kappa shape index (κ3) is 4.79. The normalized spacial score (nSPS) is 20.7. The van der Waals surface area contributed by atoms with Gasteiger partial charge in [0.2, 0.25) is 0 Å². The van der Waals surface area contributed by atoms with Gasteiger partial charge in [0.25, 0.3) is 0 Å². The molecule has 2 rings (SSSR count). The number of ether oxygens (including phenoxy) is 1. The largest absolute Gasteiger partial charge is 0.377 e. The molecular formula is C15H24N2OS. The molecule has 2 unspecified atom stereocenters. The van der Waals surface area contributed by atoms with Crippen LogP contribution in [0.4, 0.5) is 0 Å². The molecule has 3 nitrogen and oxygen atoms in total. The summed E-state index contributed by atoms with van der Waals surface area (Å²) in [5, 5.41) is 4.68. The van der Waals surface area contributed by atoms with E-state index in [1.807, 2.05) is 11.8 Å². The molecule has 2 atom stereocenters. The predicted octanol–water partition coefficient (Wildman–Crippen LogP) is 2.95. The summed E-state index contributed by atoms with van der Waals surface area (Å²) in [6, 6.07) is 4.72. The van der Waals surface area contributed by atoms with Gasteiger partial charge in [0, 0.05) is 30.6 Å². The molecule has 0 spiro atoms. The van der Waals surface area contributed by atoms with E-state index < -0.39 is 0 Å². The summed E-state index contributed by atoms with van der Waals surface area (Å²) in [4.78, 5) is 4.54. The van der Waals surface area contributed by atoms with Crippen LogP contribution in [-0.2, 0) is 4.74 Å². The maximum Gasteiger partial charge on any atom is 0.0966 e. The molecule has 106 valence electrons. The number of pyridine rings is 1. The quantitative estimate of drug-likeness (QED) is 0.642. The van der Waals surface area contributed by atoms with Crippen LogP contribution < -0.4 is 5.32 Å². The molecule has 0 radical (unpaired) electrons. The maximum atomic E-state index is 5.68. The van der Waals surface area contributed by atoms with Gasteiger partial charge in [0.1, 0.15) is 0 Å². The fourth-order valence-corrected chi connectivity index (χ4v) is 3.36. The highest BCUT2D eigenvalue weighted by Gasteiger charge is 2.21. The number of hydrogen-bond acceptors (Lipinski definition) is 4. The first-order valence-electron chi connectivity index (χ1n) is 7.08. The second-order valence-electron chi connectivity index (χ2n) is 5.27. The fourth-order valence-electron chi connectivity index (χ4n) is 2.45. The predicted molar refractivity (Wildman–Crippen MR) is 80.9 cm³/mol. The van der Waals surface area contributed by atoms with Crippen molar-refractivity contribution in [1.82, 2.24) is 10.3 Å². The average molecular weight is 280 g/mol. The minimum atomic E-state index is 0.407. The van der Waals surface area contributed by atoms with E-state index in [2.05, 4.69) is 43.2 Å². The molecule has 1 aliphatic rings. The Bertz CT molecular complexity index is 385. The van der Waals surface area contributed by atoms with Crippen molar-refractivity contribution in [1.29, 1.82) is 0 Å². The summed E-state index contributed by atoms with van der Waals surface area (Å²) in [5.41, 5.74) is 2.39. The molecule has 0 saturated carbocycles. The van der Waals surface area contributed by atoms with Gasteiger partial charge in [-0.2, -0.15) is 0 Å². The monoisotopic (exact) mass is 280 g/mol. The van der Waals surface area contributed by atoms with Crippen LogP contribution in [0.25, 0.3) is 0 Å². The molecule has 1 N–H and O–H groups in total. The third-order valence-corrected chi connectivity index (χ3v) is 4.33. The Balaban J connectivity index is 1.68. The number of aryl methyl sites for hydroxylation is 2. The second-order valence-corrected chi connectivity index (χ2v) is 6.38. The Morgan fingerprint density at radius 2 is 2.32 bits per heavy atom. The van der Waals surface area contributed by atoms with E-state index in [-0.39, 0.29) is 0 Å². The number of hydrogen-bond donors (Lipinski definition) is 1. The first kappa shape index (κ1) is 14.8. The molecule has 2 heterocycles. The van der Waals surface area contributed by atoms with E-state index in [9.17, 15) is 0 Å². The summed E-state index contributed by atoms with van der Waals surface area (Å²) in [6.45, 7) is 8.32. The molecule has 1 fully saturated rings. The molecule has 1 saturated heterocycles. The number of nitrogens with zero attached hydrogens (tertiary/aromatic N) is 1. The van der Waals surface area contributed by atoms with Crippen LogP contribution in [0.3, 0.4) is 0 Å². The second kappa shape index (κ2) is 7.27. The van der Waals surface area contributed by atoms with Crippen molar-refractivity contribution in [2.45, 2.75) is 50.8 Å². The van der Waals surface area contributed by atoms with Crippen LogP contribution in [0.1, 0.15) is 31.0 Å². The molecule has 0 aromatic carbocycles. The van der Waals surface area contributed by atoms with E-state index in [1.165, 1.54) is 18.4 Å². The van der Waals surface area contributed by atoms with Crippen LogP contribution in [-0.4, -0.2) is 36.0 Å². The Kier molecular flexibility index (Phi) is 5.67. The fraction of sp³-hybridized carbons (Fsp3) is 0.667. The zero-order chi connectivity index (χ0) is 13.7. The topological polar surface area (TPSA) is 34.2 Å². The molecule has 0 aliphatic carbocycles. The Morgan fingerprint density at radius 3 is 3.00 bits per heavy atom. The summed E-state index contributed by atoms with van der Waals surface area (Å²) in [5.74, 6) is 1.05. The number of aromatic nitrogens is 1. The van der Waals surface area contributed by atoms with Crippen molar-refractivity contribution in [2.75, 3.05) is 18.9 Å². The molecule has 1 aromatic heterocycles. The van der Waals surface area contributed by atoms with Crippen LogP contribution in [0.15, 0.2) is 17.2 Å². The lowest BCUT2D eigenvalue weighted by atomic mass is 10.1. The summed E-state index contributed by atoms with van der Waals surface area (Å²) in [7, 11) is 0. The minimum Gasteiger partial charge on any atom is -0.377 e. The Morgan fingerprint density at radius 1 is 1.47 bits per heavy atom. The van der Waals surface area contributed by atoms with Gasteiger partial charge in [0.05, 0.1) is 11.1 Å². The van der Waals surface area contributed by atoms with E-state index >= 15 is 0 Å². The van der Waals surface area contributed by atoms with Crippen molar-refractivity contribution in [2.24, 2.45) is 0 Å². The van der Waals surface area contributed by atoms with Crippen LogP contribution in [0.5, 0.6) is 0 Å². The first-order valence-corrected chi connectivity index (χ1v) is 8.07. The third-order valence-electron chi connectivity index (χ3n) is 3.42. The van der Waals surface area contributed by atoms with Gasteiger partial charge in [-0.05, 0) is 51.3 Å². The van der Waals surface area contributed by atoms with Gasteiger partial charge in [-0.25, -0.2) is 4.98 Å². The van der Waals surface area contributed by atoms with Crippen LogP contribution >= 0.6 is 11.8 Å². The number of nitrogens with one attached hydrogen (secondary N) is 1. The lowest BCUT2D eigenvalue weighted by molar-refractivity contribution is 0.0844. The molecule has 1 aliphatic heterocycles. The molecule has 1 aromatic rings. The van der Waals surface area contributed by atoms with Crippen molar-refractivity contribution in [3.63, 3.8) is 0 Å². The molecule has 0 bridgehead atoms. The van der Waals surface area contributed by atoms with Gasteiger partial charge in [0.15, 0.2) is 0 Å². The average Bonchev–Trinajstić information content (AvgIpc) is 2.87. The maximum absolute atomic E-state index is 5.68. The van der Waals surface area contributed by atoms with Crippen molar-refractivity contribution in [3.8, 4) is 0 Å². The number of thioether (sulfide) groups is 1. The highest BCUT2D eigenvalue weighted by Crippen LogP contribution is 2.18. The SMILES string of the molecule is Cc1cc(C)nc(SCCNC(C)C2CCCO2)c1. The smallest absolute Gasteiger partial charge is 0.0966 e. The van der Waals surface area contributed by atoms with Crippen LogP contribution in [0, 0.1) is 13.8 Å². The minimum absolute atomic E-state index is 0.407. The van der Waals surface area contributed by atoms with E-state index in [1.54, 1.807) is 0 Å². The highest BCUT2D eigenvalue weighted by atomic mass is 32.2. The highest BCUT2D eigenvalue weighted by molar-refractivity contribution is 7.99. The van der Waals surface area contributed by atoms with Gasteiger partial charge >= 0.3 is 0 Å². The van der Waals surface area contributed by atoms with Gasteiger partial charge in [-0.1, -0.05) is 0 Å². The number of rotatable bonds is 6. The van der Waals surface area contributed by atoms with E-state index in [0.29, 0.717) is 12.1 Å². The van der Waals surface area contributed by atoms with E-state index in [4.69, 9.17) is 4.74 Å². The summed E-state index contributed by atoms with van der Waals surface area (Å²) < 4.78 is 5.68. The van der Waals surface area contributed by atoms with Gasteiger partial charge < -0.3 is 10.1 Å². The van der Waals surface area contributed by atoms with Crippen molar-refractivity contribution in [3.05, 3.63) is 23.4 Å². The Hall–Kier alpha value is -0.580. The summed E-state index contributed by atoms with van der Waals surface area (Å²) in [6.07, 6.45) is 2.81. The van der Waals surface area contributed by atoms with Crippen molar-refractivity contribution < 1.29 is 4.74 Å². The van der Waals surface area contributed by atoms with Crippen LogP contribution in [0.2, 0.25) is 0 Å². The summed E-state index contributed by atoms with van der Waals surface area (Å²) >= 11 is 1.82. The molecular weight excluding hydrogens is 256 g/mol. The van der Waals surface area contributed by atoms with Gasteiger partial charge in [-0.15, -0.1) is 11.8 Å². The lowest BCUT2D eigenvalue weighted by Gasteiger charge is -2.19. The molecule has 0 amide bonds. The lowest BCUT2D eigenvalue weighted by Crippen LogP contribution is -2.38. The Labute approximate surface area is 120 Å². The zero-order valence-electron chi connectivity index (χ0n) is 12.1. The van der Waals surface area contributed by atoms with E-state index in [0.717, 1.165) is 29.6 Å². The molecule has 4 heteroatoms.